The first-order chi connectivity index (χ1) is 18.2. The molecule has 9 nitrogen and oxygen atoms in total. The van der Waals surface area contributed by atoms with Crippen LogP contribution in [0.15, 0.2) is 53.4 Å². The number of pyridine rings is 1. The van der Waals surface area contributed by atoms with E-state index in [1.165, 1.54) is 13.3 Å². The van der Waals surface area contributed by atoms with Gasteiger partial charge in [-0.2, -0.15) is 5.10 Å². The molecule has 0 aliphatic carbocycles. The molecule has 1 heterocycles. The second-order valence-electron chi connectivity index (χ2n) is 7.86. The summed E-state index contributed by atoms with van der Waals surface area (Å²) in [6, 6.07) is 6.75. The van der Waals surface area contributed by atoms with Crippen LogP contribution in [0.2, 0.25) is 10.0 Å². The highest BCUT2D eigenvalue weighted by atomic mass is 35.5. The number of halogens is 2. The molecule has 1 amide bonds. The van der Waals surface area contributed by atoms with Crippen molar-refractivity contribution in [3.05, 3.63) is 64.3 Å². The van der Waals surface area contributed by atoms with Gasteiger partial charge in [0, 0.05) is 30.4 Å². The number of hydrogen-bond acceptors (Lipinski definition) is 8. The lowest BCUT2D eigenvalue weighted by Gasteiger charge is -2.26. The molecule has 0 saturated heterocycles. The van der Waals surface area contributed by atoms with Crippen LogP contribution in [0, 0.1) is 6.92 Å². The quantitative estimate of drug-likeness (QED) is 0.229. The summed E-state index contributed by atoms with van der Waals surface area (Å²) in [6.07, 6.45) is 4.62. The van der Waals surface area contributed by atoms with Gasteiger partial charge in [-0.1, -0.05) is 48.8 Å². The summed E-state index contributed by atoms with van der Waals surface area (Å²) in [4.78, 5) is 22.0. The Bertz CT molecular complexity index is 1080. The molecule has 0 aliphatic rings. The van der Waals surface area contributed by atoms with Crippen LogP contribution >= 0.6 is 23.2 Å². The predicted octanol–water partition coefficient (Wildman–Crippen LogP) is 5.95. The molecule has 1 atom stereocenters. The number of hydrazone groups is 1. The molecule has 0 bridgehead atoms. The molecule has 0 fully saturated rings. The van der Waals surface area contributed by atoms with Crippen molar-refractivity contribution in [2.75, 3.05) is 31.1 Å². The van der Waals surface area contributed by atoms with Crippen LogP contribution in [0.25, 0.3) is 0 Å². The number of aryl methyl sites for hydroxylation is 1. The number of amides is 1. The van der Waals surface area contributed by atoms with Gasteiger partial charge in [0.1, 0.15) is 12.8 Å². The molecule has 3 N–H and O–H groups in total. The van der Waals surface area contributed by atoms with E-state index < -0.39 is 0 Å². The molecule has 11 heteroatoms. The van der Waals surface area contributed by atoms with Crippen molar-refractivity contribution >= 4 is 52.5 Å². The van der Waals surface area contributed by atoms with E-state index in [-0.39, 0.29) is 18.0 Å². The highest BCUT2D eigenvalue weighted by molar-refractivity contribution is 6.36. The number of hydrogen-bond donors (Lipinski definition) is 3. The van der Waals surface area contributed by atoms with Crippen LogP contribution in [0.1, 0.15) is 50.5 Å². The summed E-state index contributed by atoms with van der Waals surface area (Å²) in [7, 11) is 2.44. The second kappa shape index (κ2) is 19.0. The van der Waals surface area contributed by atoms with Crippen molar-refractivity contribution in [3.8, 4) is 0 Å². The van der Waals surface area contributed by atoms with E-state index in [0.29, 0.717) is 39.4 Å². The van der Waals surface area contributed by atoms with Gasteiger partial charge in [0.2, 0.25) is 0 Å². The fourth-order valence-electron chi connectivity index (χ4n) is 3.11. The molecule has 0 aliphatic heterocycles. The number of aliphatic hydroxyl groups excluding tert-OH is 1. The number of nitrogens with zero attached hydrogens (tertiary/aromatic N) is 4. The molecule has 0 spiro atoms. The second-order valence-corrected chi connectivity index (χ2v) is 8.70. The topological polar surface area (TPSA) is 111 Å². The Labute approximate surface area is 236 Å². The van der Waals surface area contributed by atoms with Gasteiger partial charge in [0.25, 0.3) is 5.91 Å². The maximum absolute atomic E-state index is 12.8. The van der Waals surface area contributed by atoms with E-state index in [9.17, 15) is 4.79 Å². The largest absolute Gasteiger partial charge is 0.400 e. The Morgan fingerprint density at radius 3 is 2.47 bits per heavy atom. The molecular formula is C27H40Cl2N6O3. The van der Waals surface area contributed by atoms with Crippen molar-refractivity contribution in [1.82, 2.24) is 10.3 Å². The molecule has 2 rings (SSSR count). The SMILES string of the molecule is C=CC(/C=N/OC)=N\N(CC(C)Nc1c(C)cc(Cl)cc1C(=O)NC(C)C)c1ncccc1Cl.CC.CO. The molecule has 1 aromatic heterocycles. The number of benzene rings is 1. The average Bonchev–Trinajstić information content (AvgIpc) is 2.89. The van der Waals surface area contributed by atoms with E-state index in [2.05, 4.69) is 32.5 Å². The maximum Gasteiger partial charge on any atom is 0.253 e. The van der Waals surface area contributed by atoms with Crippen LogP contribution in [0.3, 0.4) is 0 Å². The zero-order valence-corrected chi connectivity index (χ0v) is 24.9. The Morgan fingerprint density at radius 1 is 1.26 bits per heavy atom. The Morgan fingerprint density at radius 2 is 1.92 bits per heavy atom. The van der Waals surface area contributed by atoms with Gasteiger partial charge < -0.3 is 20.6 Å². The van der Waals surface area contributed by atoms with Crippen LogP contribution in [-0.2, 0) is 4.84 Å². The standard InChI is InChI=1S/C24H30Cl2N6O2.C2H6.CH4O/c1-7-19(13-28-34-6)31-32(23-21(26)9-8-10-27-23)14-17(5)30-22-16(4)11-18(25)12-20(22)24(33)29-15(2)3;2*1-2/h7-13,15,17,30H,1,14H2,2-6H3,(H,29,33);1-2H3;2H,1H3/b28-13+,31-19+;;. The molecular weight excluding hydrogens is 527 g/mol. The summed E-state index contributed by atoms with van der Waals surface area (Å²) in [5.41, 5.74) is 2.46. The number of aliphatic hydroxyl groups is 1. The number of oxime groups is 1. The Kier molecular flexibility index (Phi) is 17.4. The Balaban J connectivity index is 0.00000326. The summed E-state index contributed by atoms with van der Waals surface area (Å²) in [6.45, 7) is 15.8. The number of carbonyl (C=O) groups excluding carboxylic acids is 1. The van der Waals surface area contributed by atoms with Crippen molar-refractivity contribution in [3.63, 3.8) is 0 Å². The molecule has 0 radical (unpaired) electrons. The number of allylic oxidation sites excluding steroid dienone is 1. The van der Waals surface area contributed by atoms with Crippen molar-refractivity contribution in [2.45, 2.75) is 53.6 Å². The smallest absolute Gasteiger partial charge is 0.253 e. The molecule has 1 aromatic carbocycles. The lowest BCUT2D eigenvalue weighted by atomic mass is 10.1. The third-order valence-electron chi connectivity index (χ3n) is 4.52. The first kappa shape index (κ1) is 34.9. The van der Waals surface area contributed by atoms with Gasteiger partial charge >= 0.3 is 0 Å². The predicted molar refractivity (Wildman–Crippen MR) is 161 cm³/mol. The van der Waals surface area contributed by atoms with Crippen LogP contribution in [0.4, 0.5) is 11.5 Å². The first-order valence-corrected chi connectivity index (χ1v) is 12.9. The van der Waals surface area contributed by atoms with Gasteiger partial charge in [0.15, 0.2) is 5.82 Å². The van der Waals surface area contributed by atoms with Crippen LogP contribution in [0.5, 0.6) is 0 Å². The van der Waals surface area contributed by atoms with E-state index in [0.717, 1.165) is 12.7 Å². The van der Waals surface area contributed by atoms with E-state index in [1.54, 1.807) is 35.5 Å². The maximum atomic E-state index is 12.8. The third-order valence-corrected chi connectivity index (χ3v) is 5.03. The Hall–Kier alpha value is -3.14. The summed E-state index contributed by atoms with van der Waals surface area (Å²) in [5.74, 6) is 0.260. The minimum atomic E-state index is -0.206. The highest BCUT2D eigenvalue weighted by Gasteiger charge is 2.20. The van der Waals surface area contributed by atoms with Crippen LogP contribution < -0.4 is 15.6 Å². The van der Waals surface area contributed by atoms with Crippen molar-refractivity contribution in [2.24, 2.45) is 10.3 Å². The number of nitrogens with one attached hydrogen (secondary N) is 2. The van der Waals surface area contributed by atoms with Gasteiger partial charge in [0.05, 0.1) is 29.0 Å². The molecule has 210 valence electrons. The first-order valence-electron chi connectivity index (χ1n) is 12.1. The normalized spacial score (nSPS) is 11.5. The van der Waals surface area contributed by atoms with Gasteiger partial charge in [-0.15, -0.1) is 0 Å². The monoisotopic (exact) mass is 566 g/mol. The molecule has 0 saturated carbocycles. The summed E-state index contributed by atoms with van der Waals surface area (Å²) in [5, 5.41) is 24.3. The van der Waals surface area contributed by atoms with Gasteiger partial charge in [-0.25, -0.2) is 9.99 Å². The number of carbonyl (C=O) groups is 1. The molecule has 38 heavy (non-hydrogen) atoms. The lowest BCUT2D eigenvalue weighted by Crippen LogP contribution is -2.35. The van der Waals surface area contributed by atoms with Gasteiger partial charge in [-0.3, -0.25) is 4.79 Å². The third kappa shape index (κ3) is 11.5. The van der Waals surface area contributed by atoms with Gasteiger partial charge in [-0.05, 0) is 63.6 Å². The lowest BCUT2D eigenvalue weighted by molar-refractivity contribution is 0.0944. The summed E-state index contributed by atoms with van der Waals surface area (Å²) < 4.78 is 0. The number of anilines is 2. The molecule has 2 aromatic rings. The average molecular weight is 568 g/mol. The van der Waals surface area contributed by atoms with E-state index in [4.69, 9.17) is 33.1 Å². The fourth-order valence-corrected chi connectivity index (χ4v) is 3.60. The summed E-state index contributed by atoms with van der Waals surface area (Å²) >= 11 is 12.7. The van der Waals surface area contributed by atoms with E-state index >= 15 is 0 Å². The zero-order chi connectivity index (χ0) is 29.3. The zero-order valence-electron chi connectivity index (χ0n) is 23.4. The fraction of sp³-hybridized carbons (Fsp3) is 0.407. The van der Waals surface area contributed by atoms with Crippen molar-refractivity contribution < 1.29 is 14.7 Å². The van der Waals surface area contributed by atoms with Crippen molar-refractivity contribution in [1.29, 1.82) is 0 Å². The van der Waals surface area contributed by atoms with Crippen LogP contribution in [-0.4, -0.2) is 60.8 Å². The number of rotatable bonds is 11. The van der Waals surface area contributed by atoms with E-state index in [1.807, 2.05) is 47.6 Å². The minimum absolute atomic E-state index is 0.0146. The minimum Gasteiger partial charge on any atom is -0.400 e. The number of aromatic nitrogens is 1. The highest BCUT2D eigenvalue weighted by Crippen LogP contribution is 2.28. The molecule has 1 unspecified atom stereocenters.